The summed E-state index contributed by atoms with van der Waals surface area (Å²) in [5.41, 5.74) is 6.61. The first-order chi connectivity index (χ1) is 56.4. The Bertz CT molecular complexity index is 4340. The van der Waals surface area contributed by atoms with E-state index in [4.69, 9.17) is 103 Å². The summed E-state index contributed by atoms with van der Waals surface area (Å²) in [5.74, 6) is -4.01. The molecule has 9 rings (SSSR count). The van der Waals surface area contributed by atoms with Crippen molar-refractivity contribution >= 4 is 129 Å². The van der Waals surface area contributed by atoms with Gasteiger partial charge in [0.25, 0.3) is 0 Å². The van der Waals surface area contributed by atoms with Gasteiger partial charge in [-0.2, -0.15) is 0 Å². The molecule has 0 aromatic heterocycles. The summed E-state index contributed by atoms with van der Waals surface area (Å²) in [6.07, 6.45) is -0.938. The van der Waals surface area contributed by atoms with Gasteiger partial charge in [0.2, 0.25) is 53.7 Å². The normalized spacial score (nSPS) is 16.5. The van der Waals surface area contributed by atoms with Crippen LogP contribution in [-0.2, 0) is 107 Å². The molecule has 3 aliphatic heterocycles. The van der Waals surface area contributed by atoms with Crippen LogP contribution in [0.1, 0.15) is 106 Å². The van der Waals surface area contributed by atoms with Crippen LogP contribution >= 0.6 is 69.6 Å². The third kappa shape index (κ3) is 29.8. The van der Waals surface area contributed by atoms with Crippen LogP contribution in [0.15, 0.2) is 124 Å². The second-order valence-corrected chi connectivity index (χ2v) is 36.8. The number of nitrogens with one attached hydrogen (secondary N) is 7. The fourth-order valence-corrected chi connectivity index (χ4v) is 19.2. The lowest BCUT2D eigenvalue weighted by molar-refractivity contribution is -0.144. The van der Waals surface area contributed by atoms with Crippen molar-refractivity contribution in [3.63, 3.8) is 0 Å². The summed E-state index contributed by atoms with van der Waals surface area (Å²) in [5, 5.41) is 23.5. The molecule has 0 saturated carbocycles. The van der Waals surface area contributed by atoms with Gasteiger partial charge >= 0.3 is 5.97 Å². The Morgan fingerprint density at radius 3 is 0.966 bits per heavy atom. The molecular weight excluding hydrogens is 1710 g/mol. The lowest BCUT2D eigenvalue weighted by Crippen LogP contribution is -2.51. The first-order valence-electron chi connectivity index (χ1n) is 38.5. The quantitative estimate of drug-likeness (QED) is 0.0166. The van der Waals surface area contributed by atoms with Crippen LogP contribution in [0.25, 0.3) is 0 Å². The zero-order valence-electron chi connectivity index (χ0n) is 65.9. The lowest BCUT2D eigenvalue weighted by Gasteiger charge is -2.35. The van der Waals surface area contributed by atoms with Gasteiger partial charge in [0.1, 0.15) is 13.2 Å². The minimum Gasteiger partial charge on any atom is -0.480 e. The molecule has 6 aromatic carbocycles. The van der Waals surface area contributed by atoms with Crippen molar-refractivity contribution in [1.29, 1.82) is 0 Å². The molecule has 0 spiro atoms. The second kappa shape index (κ2) is 46.8. The average molecular weight is 1820 g/mol. The minimum atomic E-state index is -3.93. The number of carboxylic acids is 1. The molecular formula is C80H102Cl6N10O19S3. The number of ether oxygens (including phenoxy) is 7. The summed E-state index contributed by atoms with van der Waals surface area (Å²) < 4.78 is 127. The highest BCUT2D eigenvalue weighted by atomic mass is 35.5. The van der Waals surface area contributed by atoms with E-state index < -0.39 is 78.4 Å². The molecule has 646 valence electrons. The Labute approximate surface area is 719 Å². The number of sulfonamides is 3. The number of rotatable bonds is 50. The van der Waals surface area contributed by atoms with E-state index in [1.807, 2.05) is 57.5 Å². The molecule has 0 fully saturated rings. The van der Waals surface area contributed by atoms with Crippen molar-refractivity contribution in [2.24, 2.45) is 0 Å². The number of halogens is 6. The fraction of sp³-hybridized carbons (Fsp3) is 0.487. The molecule has 0 radical (unpaired) electrons. The Kier molecular flexibility index (Phi) is 37.9. The zero-order chi connectivity index (χ0) is 85.0. The summed E-state index contributed by atoms with van der Waals surface area (Å²) >= 11 is 38.9. The number of nitrogens with zero attached hydrogens (tertiary/aromatic N) is 3. The number of amides is 4. The third-order valence-corrected chi connectivity index (χ3v) is 26.0. The molecule has 0 saturated heterocycles. The minimum absolute atomic E-state index is 0.0280. The second-order valence-electron chi connectivity index (χ2n) is 29.0. The molecule has 3 atom stereocenters. The number of carboxylic acid groups (broad SMARTS) is 1. The number of benzene rings is 6. The summed E-state index contributed by atoms with van der Waals surface area (Å²) in [6, 6.07) is 30.9. The Morgan fingerprint density at radius 2 is 0.678 bits per heavy atom. The van der Waals surface area contributed by atoms with E-state index in [1.165, 1.54) is 18.2 Å². The van der Waals surface area contributed by atoms with Gasteiger partial charge < -0.3 is 74.2 Å². The van der Waals surface area contributed by atoms with Crippen molar-refractivity contribution in [1.82, 2.24) is 50.1 Å². The Balaban J connectivity index is 0.709. The molecule has 38 heteroatoms. The van der Waals surface area contributed by atoms with Gasteiger partial charge in [-0.05, 0) is 163 Å². The SMILES string of the molecule is CN1Cc2c(Cl)cc(Cl)cc2C(c2cccc(S(=O)(=O)NCCOCCOCCNC(=O)CCC(CCC(=O)NCCOCCOCCNS(=O)(=O)c3cccc(C4CN(C)Cc5c(Cl)cc(Cl)cc54)c3)(CCC(=O)NCCOCCOCCNS(=O)(=O)c3cccc(C4CN(C)Cc5c(Cl)cc(Cl)cc54)c3)NC(=O)COCC(=O)O)c2)C1. The topological polar surface area (TPSA) is 367 Å². The highest BCUT2D eigenvalue weighted by Crippen LogP contribution is 2.42. The lowest BCUT2D eigenvalue weighted by atomic mass is 9.83. The molecule has 118 heavy (non-hydrogen) atoms. The van der Waals surface area contributed by atoms with E-state index in [9.17, 15) is 54.3 Å². The highest BCUT2D eigenvalue weighted by Gasteiger charge is 2.36. The number of hydrogen-bond acceptors (Lipinski definition) is 21. The molecule has 8 N–H and O–H groups in total. The smallest absolute Gasteiger partial charge is 0.329 e. The summed E-state index contributed by atoms with van der Waals surface area (Å²) in [6.45, 7) is 3.24. The van der Waals surface area contributed by atoms with Crippen LogP contribution in [0.3, 0.4) is 0 Å². The maximum Gasteiger partial charge on any atom is 0.329 e. The van der Waals surface area contributed by atoms with E-state index in [-0.39, 0.29) is 190 Å². The van der Waals surface area contributed by atoms with Crippen molar-refractivity contribution < 1.29 is 87.5 Å². The number of carbonyl (C=O) groups is 5. The largest absolute Gasteiger partial charge is 0.480 e. The molecule has 4 amide bonds. The molecule has 0 bridgehead atoms. The van der Waals surface area contributed by atoms with Crippen LogP contribution in [0.5, 0.6) is 0 Å². The summed E-state index contributed by atoms with van der Waals surface area (Å²) in [7, 11) is -5.87. The van der Waals surface area contributed by atoms with Crippen LogP contribution in [0, 0.1) is 0 Å². The number of fused-ring (bicyclic) bond motifs is 3. The van der Waals surface area contributed by atoms with Crippen LogP contribution < -0.4 is 35.4 Å². The van der Waals surface area contributed by atoms with Crippen molar-refractivity contribution in [3.05, 3.63) is 189 Å². The van der Waals surface area contributed by atoms with Crippen molar-refractivity contribution in [2.45, 2.75) is 96.1 Å². The van der Waals surface area contributed by atoms with Gasteiger partial charge in [0, 0.05) is 151 Å². The standard InChI is InChI=1S/C80H102Cl6N10O19S3/c1-94-46-66(63-40-57(81)43-72(84)69(63)49-94)54-7-4-10-60(37-54)116(103,104)90-22-28-112-34-31-109-25-19-87-75(97)13-16-80(93-78(100)52-115-53-79(101)102,17-14-76(98)88-20-26-110-32-35-113-29-23-91-117(105,106)61-11-5-8-55(38-61)67-47-95(2)50-70-64(67)41-58(82)44-73(70)85)18-15-77(99)89-21-27-111-33-36-114-30-24-92-118(107,108)62-12-6-9-56(39-62)68-48-96(3)51-71-65(68)42-59(83)45-74(71)86/h4-12,37-45,66-68,90-92H,13-36,46-53H2,1-3H3,(H,87,97)(H,88,98)(H,89,99)(H,93,100)(H,101,102). The molecule has 6 aromatic rings. The first kappa shape index (κ1) is 95.6. The van der Waals surface area contributed by atoms with Gasteiger partial charge in [0.05, 0.1) is 94.0 Å². The fourth-order valence-electron chi connectivity index (χ4n) is 14.3. The Morgan fingerprint density at radius 1 is 0.390 bits per heavy atom. The third-order valence-electron chi connectivity index (χ3n) is 20.0. The number of aliphatic carboxylic acids is 1. The molecule has 0 aliphatic carbocycles. The monoisotopic (exact) mass is 1810 g/mol. The Hall–Kier alpha value is -6.26. The van der Waals surface area contributed by atoms with E-state index in [2.05, 4.69) is 50.1 Å². The van der Waals surface area contributed by atoms with Gasteiger partial charge in [-0.25, -0.2) is 44.2 Å². The number of carbonyl (C=O) groups excluding carboxylic acids is 4. The average Bonchev–Trinajstić information content (AvgIpc) is 0.780. The number of hydrogen-bond donors (Lipinski definition) is 8. The van der Waals surface area contributed by atoms with E-state index >= 15 is 0 Å². The zero-order valence-corrected chi connectivity index (χ0v) is 72.9. The van der Waals surface area contributed by atoms with Crippen molar-refractivity contribution in [3.8, 4) is 0 Å². The van der Waals surface area contributed by atoms with E-state index in [1.54, 1.807) is 54.6 Å². The van der Waals surface area contributed by atoms with E-state index in [0.717, 1.165) is 50.1 Å². The maximum atomic E-state index is 13.6. The van der Waals surface area contributed by atoms with Gasteiger partial charge in [0.15, 0.2) is 0 Å². The summed E-state index contributed by atoms with van der Waals surface area (Å²) in [4.78, 5) is 72.2. The van der Waals surface area contributed by atoms with Gasteiger partial charge in [-0.15, -0.1) is 0 Å². The van der Waals surface area contributed by atoms with Crippen LogP contribution in [-0.4, -0.2) is 253 Å². The van der Waals surface area contributed by atoms with Gasteiger partial charge in [-0.1, -0.05) is 106 Å². The molecule has 3 aliphatic rings. The predicted octanol–water partition coefficient (Wildman–Crippen LogP) is 8.32. The number of likely N-dealkylation sites (N-methyl/N-ethyl adjacent to an activating group) is 3. The molecule has 3 heterocycles. The van der Waals surface area contributed by atoms with Crippen molar-refractivity contribution in [2.75, 3.05) is 173 Å². The van der Waals surface area contributed by atoms with E-state index in [0.29, 0.717) is 69.4 Å². The van der Waals surface area contributed by atoms with Gasteiger partial charge in [-0.3, -0.25) is 19.2 Å². The molecule has 29 nitrogen and oxygen atoms in total. The van der Waals surface area contributed by atoms with Crippen LogP contribution in [0.4, 0.5) is 0 Å². The highest BCUT2D eigenvalue weighted by molar-refractivity contribution is 7.90. The molecule has 3 unspecified atom stereocenters. The maximum absolute atomic E-state index is 13.6. The van der Waals surface area contributed by atoms with Crippen LogP contribution in [0.2, 0.25) is 30.1 Å². The first-order valence-corrected chi connectivity index (χ1v) is 45.2. The predicted molar refractivity (Wildman–Crippen MR) is 450 cm³/mol.